The van der Waals surface area contributed by atoms with Crippen molar-refractivity contribution in [3.63, 3.8) is 0 Å². The van der Waals surface area contributed by atoms with Crippen molar-refractivity contribution in [3.05, 3.63) is 53.9 Å². The Morgan fingerprint density at radius 3 is 3.00 bits per heavy atom. The van der Waals surface area contributed by atoms with Crippen molar-refractivity contribution < 1.29 is 9.53 Å². The number of aromatic nitrogens is 1. The van der Waals surface area contributed by atoms with Gasteiger partial charge in [-0.2, -0.15) is 0 Å². The molecular weight excluding hydrogens is 376 g/mol. The number of aryl methyl sites for hydroxylation is 1. The number of piperazine rings is 1. The van der Waals surface area contributed by atoms with Crippen molar-refractivity contribution in [2.24, 2.45) is 0 Å². The van der Waals surface area contributed by atoms with E-state index >= 15 is 0 Å². The monoisotopic (exact) mass is 402 g/mol. The highest BCUT2D eigenvalue weighted by atomic mass is 35.5. The lowest BCUT2D eigenvalue weighted by atomic mass is 10.0. The number of hydrogen-bond donors (Lipinski definition) is 1. The summed E-state index contributed by atoms with van der Waals surface area (Å²) in [6.45, 7) is 3.80. The molecule has 0 spiro atoms. The third-order valence-electron chi connectivity index (χ3n) is 5.47. The number of halogens is 1. The van der Waals surface area contributed by atoms with E-state index in [0.717, 1.165) is 56.0 Å². The van der Waals surface area contributed by atoms with E-state index < -0.39 is 0 Å². The first-order chi connectivity index (χ1) is 13.3. The van der Waals surface area contributed by atoms with Crippen molar-refractivity contribution in [2.75, 3.05) is 44.7 Å². The third-order valence-corrected chi connectivity index (χ3v) is 5.47. The van der Waals surface area contributed by atoms with Gasteiger partial charge in [-0.1, -0.05) is 6.07 Å². The summed E-state index contributed by atoms with van der Waals surface area (Å²) in [5, 5.41) is 3.44. The van der Waals surface area contributed by atoms with Crippen molar-refractivity contribution >= 4 is 24.0 Å². The average molecular weight is 403 g/mol. The van der Waals surface area contributed by atoms with E-state index in [0.29, 0.717) is 6.54 Å². The smallest absolute Gasteiger partial charge is 0.241 e. The van der Waals surface area contributed by atoms with E-state index in [1.54, 1.807) is 13.3 Å². The summed E-state index contributed by atoms with van der Waals surface area (Å²) in [6.07, 6.45) is 5.66. The zero-order valence-electron chi connectivity index (χ0n) is 16.1. The van der Waals surface area contributed by atoms with Crippen LogP contribution in [0.25, 0.3) is 0 Å². The molecule has 150 valence electrons. The highest BCUT2D eigenvalue weighted by Gasteiger charge is 2.29. The molecule has 1 atom stereocenters. The summed E-state index contributed by atoms with van der Waals surface area (Å²) >= 11 is 0. The number of anilines is 1. The topological polar surface area (TPSA) is 57.7 Å². The Bertz CT molecular complexity index is 802. The van der Waals surface area contributed by atoms with Gasteiger partial charge in [0.1, 0.15) is 5.75 Å². The van der Waals surface area contributed by atoms with E-state index in [1.807, 2.05) is 29.3 Å². The van der Waals surface area contributed by atoms with E-state index in [4.69, 9.17) is 4.74 Å². The van der Waals surface area contributed by atoms with Crippen molar-refractivity contribution in [2.45, 2.75) is 18.9 Å². The van der Waals surface area contributed by atoms with Gasteiger partial charge >= 0.3 is 0 Å². The molecule has 0 aliphatic carbocycles. The molecule has 1 unspecified atom stereocenters. The molecule has 0 bridgehead atoms. The standard InChI is InChI=1S/C21H26N4O2.ClH/c1-27-18-6-7-19-16(12-18)5-3-10-25(19)21(26)15-24-11-9-23-14-20(24)17-4-2-8-22-13-17;/h2,4,6-8,12-13,20,23H,3,5,9-11,14-15H2,1H3;1H. The van der Waals surface area contributed by atoms with Crippen molar-refractivity contribution in [1.82, 2.24) is 15.2 Å². The molecule has 1 N–H and O–H groups in total. The van der Waals surface area contributed by atoms with Gasteiger partial charge in [0.2, 0.25) is 5.91 Å². The number of fused-ring (bicyclic) bond motifs is 1. The summed E-state index contributed by atoms with van der Waals surface area (Å²) < 4.78 is 5.34. The number of benzene rings is 1. The third kappa shape index (κ3) is 4.29. The number of hydrogen-bond acceptors (Lipinski definition) is 5. The van der Waals surface area contributed by atoms with Crippen molar-refractivity contribution in [1.29, 1.82) is 0 Å². The lowest BCUT2D eigenvalue weighted by Crippen LogP contribution is -2.50. The number of rotatable bonds is 4. The van der Waals surface area contributed by atoms with Gasteiger partial charge in [0.25, 0.3) is 0 Å². The van der Waals surface area contributed by atoms with Gasteiger partial charge in [0, 0.05) is 50.3 Å². The van der Waals surface area contributed by atoms with Crippen LogP contribution in [0.2, 0.25) is 0 Å². The number of pyridine rings is 1. The lowest BCUT2D eigenvalue weighted by Gasteiger charge is -2.38. The molecule has 7 heteroatoms. The van der Waals surface area contributed by atoms with E-state index in [9.17, 15) is 4.79 Å². The molecule has 1 saturated heterocycles. The summed E-state index contributed by atoms with van der Waals surface area (Å²) in [5.74, 6) is 1.01. The first kappa shape index (κ1) is 20.6. The minimum absolute atomic E-state index is 0. The Kier molecular flexibility index (Phi) is 6.88. The largest absolute Gasteiger partial charge is 0.497 e. The predicted octanol–water partition coefficient (Wildman–Crippen LogP) is 2.44. The Morgan fingerprint density at radius 1 is 1.32 bits per heavy atom. The molecule has 4 rings (SSSR count). The molecule has 6 nitrogen and oxygen atoms in total. The second kappa shape index (κ2) is 9.37. The van der Waals surface area contributed by atoms with Gasteiger partial charge in [-0.15, -0.1) is 12.4 Å². The number of ether oxygens (including phenoxy) is 1. The molecule has 1 aromatic heterocycles. The molecular formula is C21H27ClN4O2. The molecule has 1 aromatic carbocycles. The fourth-order valence-corrected chi connectivity index (χ4v) is 4.06. The lowest BCUT2D eigenvalue weighted by molar-refractivity contribution is -0.120. The quantitative estimate of drug-likeness (QED) is 0.851. The number of nitrogens with one attached hydrogen (secondary N) is 1. The second-order valence-electron chi connectivity index (χ2n) is 7.12. The maximum atomic E-state index is 13.2. The summed E-state index contributed by atoms with van der Waals surface area (Å²) in [6, 6.07) is 10.2. The minimum atomic E-state index is 0. The van der Waals surface area contributed by atoms with E-state index in [1.165, 1.54) is 5.56 Å². The first-order valence-electron chi connectivity index (χ1n) is 9.58. The van der Waals surface area contributed by atoms with Crippen LogP contribution < -0.4 is 15.0 Å². The zero-order chi connectivity index (χ0) is 18.6. The van der Waals surface area contributed by atoms with Gasteiger partial charge in [-0.25, -0.2) is 0 Å². The predicted molar refractivity (Wildman–Crippen MR) is 112 cm³/mol. The first-order valence-corrected chi connectivity index (χ1v) is 9.58. The normalized spacial score (nSPS) is 19.5. The Labute approximate surface area is 172 Å². The van der Waals surface area contributed by atoms with Crippen LogP contribution in [0.4, 0.5) is 5.69 Å². The van der Waals surface area contributed by atoms with E-state index in [-0.39, 0.29) is 24.4 Å². The van der Waals surface area contributed by atoms with Crippen LogP contribution in [0, 0.1) is 0 Å². The highest BCUT2D eigenvalue weighted by Crippen LogP contribution is 2.31. The minimum Gasteiger partial charge on any atom is -0.497 e. The fraction of sp³-hybridized carbons (Fsp3) is 0.429. The van der Waals surface area contributed by atoms with Crippen LogP contribution >= 0.6 is 12.4 Å². The molecule has 0 saturated carbocycles. The molecule has 2 aliphatic heterocycles. The maximum Gasteiger partial charge on any atom is 0.241 e. The van der Waals surface area contributed by atoms with Gasteiger partial charge in [0.15, 0.2) is 0 Å². The molecule has 2 aromatic rings. The van der Waals surface area contributed by atoms with Crippen LogP contribution in [0.15, 0.2) is 42.7 Å². The average Bonchev–Trinajstić information content (AvgIpc) is 2.73. The number of nitrogens with zero attached hydrogens (tertiary/aromatic N) is 3. The van der Waals surface area contributed by atoms with Crippen LogP contribution in [0.3, 0.4) is 0 Å². The highest BCUT2D eigenvalue weighted by molar-refractivity contribution is 5.96. The Balaban J connectivity index is 0.00000225. The number of methoxy groups -OCH3 is 1. The Hall–Kier alpha value is -2.15. The van der Waals surface area contributed by atoms with Crippen LogP contribution in [-0.2, 0) is 11.2 Å². The summed E-state index contributed by atoms with van der Waals surface area (Å²) in [5.41, 5.74) is 3.37. The van der Waals surface area contributed by atoms with Crippen LogP contribution in [-0.4, -0.2) is 55.6 Å². The molecule has 1 amide bonds. The maximum absolute atomic E-state index is 13.2. The van der Waals surface area contributed by atoms with Gasteiger partial charge < -0.3 is 15.0 Å². The van der Waals surface area contributed by atoms with Crippen molar-refractivity contribution in [3.8, 4) is 5.75 Å². The second-order valence-corrected chi connectivity index (χ2v) is 7.12. The summed E-state index contributed by atoms with van der Waals surface area (Å²) in [4.78, 5) is 21.6. The molecule has 28 heavy (non-hydrogen) atoms. The number of amides is 1. The van der Waals surface area contributed by atoms with Crippen LogP contribution in [0.1, 0.15) is 23.6 Å². The fourth-order valence-electron chi connectivity index (χ4n) is 4.06. The summed E-state index contributed by atoms with van der Waals surface area (Å²) in [7, 11) is 1.68. The SMILES string of the molecule is COc1ccc2c(c1)CCCN2C(=O)CN1CCNCC1c1cccnc1.Cl. The Morgan fingerprint density at radius 2 is 2.21 bits per heavy atom. The molecule has 1 fully saturated rings. The number of carbonyl (C=O) groups excluding carboxylic acids is 1. The zero-order valence-corrected chi connectivity index (χ0v) is 17.0. The van der Waals surface area contributed by atoms with Gasteiger partial charge in [-0.3, -0.25) is 14.7 Å². The molecule has 2 aliphatic rings. The molecule has 0 radical (unpaired) electrons. The van der Waals surface area contributed by atoms with Crippen LogP contribution in [0.5, 0.6) is 5.75 Å². The van der Waals surface area contributed by atoms with Gasteiger partial charge in [-0.05, 0) is 48.2 Å². The van der Waals surface area contributed by atoms with Gasteiger partial charge in [0.05, 0.1) is 13.7 Å². The van der Waals surface area contributed by atoms with E-state index in [2.05, 4.69) is 27.3 Å². The number of carbonyl (C=O) groups is 1. The molecule has 3 heterocycles.